The lowest BCUT2D eigenvalue weighted by molar-refractivity contribution is -0.121. The molecule has 1 aromatic heterocycles. The highest BCUT2D eigenvalue weighted by atomic mass is 16.1. The highest BCUT2D eigenvalue weighted by Gasteiger charge is 2.10. The summed E-state index contributed by atoms with van der Waals surface area (Å²) in [5.74, 6) is 0.0440. The molecule has 0 unspecified atom stereocenters. The van der Waals surface area contributed by atoms with Crippen LogP contribution in [0.4, 0.5) is 0 Å². The summed E-state index contributed by atoms with van der Waals surface area (Å²) in [7, 11) is 0. The Hall–Kier alpha value is -2.88. The summed E-state index contributed by atoms with van der Waals surface area (Å²) >= 11 is 0. The van der Waals surface area contributed by atoms with Crippen molar-refractivity contribution >= 4 is 5.91 Å². The van der Waals surface area contributed by atoms with Gasteiger partial charge in [0.2, 0.25) is 5.91 Å². The quantitative estimate of drug-likeness (QED) is 0.635. The fraction of sp³-hybridized carbons (Fsp3) is 0.304. The number of carbonyl (C=O) groups excluding carboxylic acids is 1. The van der Waals surface area contributed by atoms with Crippen LogP contribution in [0.3, 0.4) is 0 Å². The fourth-order valence-electron chi connectivity index (χ4n) is 3.11. The van der Waals surface area contributed by atoms with Crippen molar-refractivity contribution in [2.45, 2.75) is 45.6 Å². The molecule has 1 amide bonds. The van der Waals surface area contributed by atoms with Gasteiger partial charge in [-0.05, 0) is 48.6 Å². The smallest absolute Gasteiger partial charge is 0.224 e. The first-order valence-corrected chi connectivity index (χ1v) is 9.61. The summed E-state index contributed by atoms with van der Waals surface area (Å²) in [4.78, 5) is 16.4. The van der Waals surface area contributed by atoms with Gasteiger partial charge in [0.15, 0.2) is 0 Å². The zero-order valence-electron chi connectivity index (χ0n) is 16.1. The minimum atomic E-state index is -0.0295. The highest BCUT2D eigenvalue weighted by Crippen LogP contribution is 2.16. The number of amides is 1. The molecule has 4 heteroatoms. The van der Waals surface area contributed by atoms with E-state index >= 15 is 0 Å². The molecule has 0 saturated carbocycles. The number of nitrogens with zero attached hydrogens (tertiary/aromatic N) is 2. The van der Waals surface area contributed by atoms with Crippen molar-refractivity contribution in [3.05, 3.63) is 83.9 Å². The molecule has 2 aromatic carbocycles. The monoisotopic (exact) mass is 361 g/mol. The number of aromatic nitrogens is 2. The van der Waals surface area contributed by atoms with E-state index < -0.39 is 0 Å². The predicted octanol–water partition coefficient (Wildman–Crippen LogP) is 4.63. The van der Waals surface area contributed by atoms with E-state index in [9.17, 15) is 4.79 Å². The van der Waals surface area contributed by atoms with E-state index in [4.69, 9.17) is 0 Å². The van der Waals surface area contributed by atoms with Crippen LogP contribution in [0.25, 0.3) is 5.69 Å². The molecule has 0 aliphatic heterocycles. The van der Waals surface area contributed by atoms with Crippen LogP contribution in [-0.2, 0) is 17.6 Å². The maximum Gasteiger partial charge on any atom is 0.224 e. The van der Waals surface area contributed by atoms with E-state index in [0.29, 0.717) is 6.42 Å². The first-order valence-electron chi connectivity index (χ1n) is 9.61. The lowest BCUT2D eigenvalue weighted by Gasteiger charge is -2.15. The molecule has 1 atom stereocenters. The number of nitrogens with one attached hydrogen (secondary N) is 1. The maximum atomic E-state index is 12.4. The molecule has 0 bridgehead atoms. The van der Waals surface area contributed by atoms with Crippen LogP contribution >= 0.6 is 0 Å². The molecular weight excluding hydrogens is 334 g/mol. The zero-order valence-corrected chi connectivity index (χ0v) is 16.1. The van der Waals surface area contributed by atoms with Gasteiger partial charge in [-0.25, -0.2) is 4.98 Å². The van der Waals surface area contributed by atoms with Gasteiger partial charge in [0, 0.05) is 18.1 Å². The minimum Gasteiger partial charge on any atom is -0.349 e. The van der Waals surface area contributed by atoms with E-state index in [1.807, 2.05) is 42.0 Å². The normalized spacial score (nSPS) is 11.9. The Labute approximate surface area is 161 Å². The highest BCUT2D eigenvalue weighted by molar-refractivity contribution is 5.79. The number of carbonyl (C=O) groups is 1. The summed E-state index contributed by atoms with van der Waals surface area (Å²) in [6.45, 7) is 4.21. The lowest BCUT2D eigenvalue weighted by atomic mass is 10.0. The lowest BCUT2D eigenvalue weighted by Crippen LogP contribution is -2.28. The predicted molar refractivity (Wildman–Crippen MR) is 109 cm³/mol. The molecule has 3 aromatic rings. The van der Waals surface area contributed by atoms with Gasteiger partial charge in [-0.1, -0.05) is 49.7 Å². The summed E-state index contributed by atoms with van der Waals surface area (Å²) < 4.78 is 1.96. The molecule has 4 nitrogen and oxygen atoms in total. The van der Waals surface area contributed by atoms with Crippen LogP contribution in [0.1, 0.15) is 49.4 Å². The van der Waals surface area contributed by atoms with E-state index in [0.717, 1.165) is 23.2 Å². The second-order valence-electron chi connectivity index (χ2n) is 6.95. The molecule has 27 heavy (non-hydrogen) atoms. The Kier molecular flexibility index (Phi) is 6.42. The van der Waals surface area contributed by atoms with Crippen molar-refractivity contribution in [3.63, 3.8) is 0 Å². The Morgan fingerprint density at radius 1 is 1.07 bits per heavy atom. The van der Waals surface area contributed by atoms with Gasteiger partial charge in [-0.2, -0.15) is 0 Å². The molecule has 0 fully saturated rings. The Bertz CT molecular complexity index is 836. The SMILES string of the molecule is CCCCc1ccc(CC(=O)N[C@@H](C)c2ccc(-n3ccnc3)cc2)cc1. The Morgan fingerprint density at radius 3 is 2.41 bits per heavy atom. The van der Waals surface area contributed by atoms with Crippen molar-refractivity contribution in [2.24, 2.45) is 0 Å². The standard InChI is InChI=1S/C23H27N3O/c1-3-4-5-19-6-8-20(9-7-19)16-23(27)25-18(2)21-10-12-22(13-11-21)26-15-14-24-17-26/h6-15,17-18H,3-5,16H2,1-2H3,(H,25,27)/t18-/m0/s1. The molecule has 3 rings (SSSR count). The topological polar surface area (TPSA) is 46.9 Å². The number of aryl methyl sites for hydroxylation is 1. The van der Waals surface area contributed by atoms with Gasteiger partial charge in [0.25, 0.3) is 0 Å². The second kappa shape index (κ2) is 9.17. The van der Waals surface area contributed by atoms with Crippen LogP contribution in [0, 0.1) is 0 Å². The number of unbranched alkanes of at least 4 members (excludes halogenated alkanes) is 1. The van der Waals surface area contributed by atoms with Crippen molar-refractivity contribution in [2.75, 3.05) is 0 Å². The number of hydrogen-bond donors (Lipinski definition) is 1. The van der Waals surface area contributed by atoms with E-state index in [1.54, 1.807) is 12.5 Å². The first-order chi connectivity index (χ1) is 13.2. The summed E-state index contributed by atoms with van der Waals surface area (Å²) in [6.07, 6.45) is 9.36. The molecule has 0 aliphatic carbocycles. The van der Waals surface area contributed by atoms with Crippen molar-refractivity contribution in [3.8, 4) is 5.69 Å². The third-order valence-corrected chi connectivity index (χ3v) is 4.78. The number of imidazole rings is 1. The fourth-order valence-corrected chi connectivity index (χ4v) is 3.11. The van der Waals surface area contributed by atoms with Gasteiger partial charge in [-0.3, -0.25) is 4.79 Å². The molecule has 1 N–H and O–H groups in total. The van der Waals surface area contributed by atoms with Gasteiger partial charge in [0.05, 0.1) is 18.8 Å². The maximum absolute atomic E-state index is 12.4. The molecule has 140 valence electrons. The molecule has 0 aliphatic rings. The average Bonchev–Trinajstić information content (AvgIpc) is 3.22. The zero-order chi connectivity index (χ0) is 19.1. The van der Waals surface area contributed by atoms with Crippen molar-refractivity contribution < 1.29 is 4.79 Å². The second-order valence-corrected chi connectivity index (χ2v) is 6.95. The largest absolute Gasteiger partial charge is 0.349 e. The van der Waals surface area contributed by atoms with Crippen molar-refractivity contribution in [1.82, 2.24) is 14.9 Å². The third kappa shape index (κ3) is 5.30. The summed E-state index contributed by atoms with van der Waals surface area (Å²) in [6, 6.07) is 16.5. The van der Waals surface area contributed by atoms with Crippen LogP contribution in [0.15, 0.2) is 67.3 Å². The summed E-state index contributed by atoms with van der Waals surface area (Å²) in [5, 5.41) is 3.09. The molecular formula is C23H27N3O. The molecule has 0 saturated heterocycles. The van der Waals surface area contributed by atoms with E-state index in [1.165, 1.54) is 18.4 Å². The number of benzene rings is 2. The third-order valence-electron chi connectivity index (χ3n) is 4.78. The molecule has 0 radical (unpaired) electrons. The molecule has 1 heterocycles. The van der Waals surface area contributed by atoms with Gasteiger partial charge in [0.1, 0.15) is 0 Å². The van der Waals surface area contributed by atoms with Gasteiger partial charge in [-0.15, -0.1) is 0 Å². The van der Waals surface area contributed by atoms with Crippen LogP contribution < -0.4 is 5.32 Å². The van der Waals surface area contributed by atoms with Crippen LogP contribution in [0.5, 0.6) is 0 Å². The molecule has 0 spiro atoms. The Morgan fingerprint density at radius 2 is 1.78 bits per heavy atom. The average molecular weight is 361 g/mol. The first kappa shape index (κ1) is 18.9. The van der Waals surface area contributed by atoms with Crippen LogP contribution in [-0.4, -0.2) is 15.5 Å². The van der Waals surface area contributed by atoms with Crippen molar-refractivity contribution in [1.29, 1.82) is 0 Å². The Balaban J connectivity index is 1.54. The van der Waals surface area contributed by atoms with Gasteiger partial charge < -0.3 is 9.88 Å². The summed E-state index contributed by atoms with van der Waals surface area (Å²) in [5.41, 5.74) is 4.53. The van der Waals surface area contributed by atoms with Crippen LogP contribution in [0.2, 0.25) is 0 Å². The minimum absolute atomic E-state index is 0.0295. The number of rotatable bonds is 8. The van der Waals surface area contributed by atoms with E-state index in [-0.39, 0.29) is 11.9 Å². The number of hydrogen-bond acceptors (Lipinski definition) is 2. The van der Waals surface area contributed by atoms with E-state index in [2.05, 4.69) is 41.5 Å². The van der Waals surface area contributed by atoms with Gasteiger partial charge >= 0.3 is 0 Å².